The van der Waals surface area contributed by atoms with Gasteiger partial charge in [-0.1, -0.05) is 19.1 Å². The second-order valence-electron chi connectivity index (χ2n) is 6.32. The summed E-state index contributed by atoms with van der Waals surface area (Å²) >= 11 is 0. The van der Waals surface area contributed by atoms with Gasteiger partial charge in [-0.05, 0) is 24.6 Å². The lowest BCUT2D eigenvalue weighted by Crippen LogP contribution is -2.46. The molecule has 0 amide bonds. The standard InChI is InChI=1S/C18H27N5O/c1-4-17-19-18(21-20-17)13-22-8-10-23(11-9-22)14(2)15-6-5-7-16(12-15)24-3/h5-7,12,14H,4,8-11,13H2,1-3H3,(H,19,20,21). The molecule has 0 saturated carbocycles. The van der Waals surface area contributed by atoms with Crippen LogP contribution in [0.5, 0.6) is 5.75 Å². The molecule has 130 valence electrons. The zero-order valence-corrected chi connectivity index (χ0v) is 14.8. The molecule has 24 heavy (non-hydrogen) atoms. The predicted octanol–water partition coefficient (Wildman–Crippen LogP) is 2.25. The highest BCUT2D eigenvalue weighted by Gasteiger charge is 2.23. The maximum atomic E-state index is 5.34. The molecule has 0 radical (unpaired) electrons. The SMILES string of the molecule is CCc1n[nH]c(CN2CCN(C(C)c3cccc(OC)c3)CC2)n1. The van der Waals surface area contributed by atoms with Crippen LogP contribution in [0.2, 0.25) is 0 Å². The van der Waals surface area contributed by atoms with Crippen molar-refractivity contribution in [2.45, 2.75) is 32.9 Å². The summed E-state index contributed by atoms with van der Waals surface area (Å²) in [5.41, 5.74) is 1.31. The Labute approximate surface area is 143 Å². The molecule has 1 unspecified atom stereocenters. The fourth-order valence-electron chi connectivity index (χ4n) is 3.20. The highest BCUT2D eigenvalue weighted by molar-refractivity contribution is 5.30. The summed E-state index contributed by atoms with van der Waals surface area (Å²) in [5, 5.41) is 7.26. The number of aromatic amines is 1. The highest BCUT2D eigenvalue weighted by atomic mass is 16.5. The lowest BCUT2D eigenvalue weighted by atomic mass is 10.1. The van der Waals surface area contributed by atoms with Crippen LogP contribution in [0.15, 0.2) is 24.3 Å². The topological polar surface area (TPSA) is 57.3 Å². The highest BCUT2D eigenvalue weighted by Crippen LogP contribution is 2.25. The number of nitrogens with one attached hydrogen (secondary N) is 1. The molecule has 1 aliphatic rings. The summed E-state index contributed by atoms with van der Waals surface area (Å²) in [4.78, 5) is 9.48. The molecule has 2 aromatic rings. The van der Waals surface area contributed by atoms with E-state index in [-0.39, 0.29) is 0 Å². The Bertz CT molecular complexity index is 648. The Morgan fingerprint density at radius 2 is 2.04 bits per heavy atom. The van der Waals surface area contributed by atoms with E-state index in [0.717, 1.165) is 56.5 Å². The van der Waals surface area contributed by atoms with Crippen molar-refractivity contribution in [1.82, 2.24) is 25.0 Å². The zero-order valence-electron chi connectivity index (χ0n) is 14.8. The molecule has 6 heteroatoms. The van der Waals surface area contributed by atoms with Crippen LogP contribution < -0.4 is 4.74 Å². The van der Waals surface area contributed by atoms with E-state index in [1.54, 1.807) is 7.11 Å². The summed E-state index contributed by atoms with van der Waals surface area (Å²) < 4.78 is 5.34. The monoisotopic (exact) mass is 329 g/mol. The third-order valence-corrected chi connectivity index (χ3v) is 4.80. The van der Waals surface area contributed by atoms with Crippen LogP contribution in [0, 0.1) is 0 Å². The summed E-state index contributed by atoms with van der Waals surface area (Å²) in [6.45, 7) is 9.43. The van der Waals surface area contributed by atoms with E-state index >= 15 is 0 Å². The lowest BCUT2D eigenvalue weighted by Gasteiger charge is -2.38. The third-order valence-electron chi connectivity index (χ3n) is 4.80. The van der Waals surface area contributed by atoms with Crippen LogP contribution >= 0.6 is 0 Å². The number of nitrogens with zero attached hydrogens (tertiary/aromatic N) is 4. The summed E-state index contributed by atoms with van der Waals surface area (Å²) in [6.07, 6.45) is 0.877. The van der Waals surface area contributed by atoms with Crippen LogP contribution in [0.25, 0.3) is 0 Å². The Morgan fingerprint density at radius 3 is 2.71 bits per heavy atom. The second kappa shape index (κ2) is 7.77. The molecule has 1 atom stereocenters. The number of aromatic nitrogens is 3. The molecular formula is C18H27N5O. The minimum atomic E-state index is 0.402. The molecule has 6 nitrogen and oxygen atoms in total. The Morgan fingerprint density at radius 1 is 1.25 bits per heavy atom. The number of hydrogen-bond acceptors (Lipinski definition) is 5. The van der Waals surface area contributed by atoms with Crippen LogP contribution in [0.4, 0.5) is 0 Å². The summed E-state index contributed by atoms with van der Waals surface area (Å²) in [5.74, 6) is 2.80. The smallest absolute Gasteiger partial charge is 0.150 e. The van der Waals surface area contributed by atoms with Gasteiger partial charge in [0, 0.05) is 38.6 Å². The van der Waals surface area contributed by atoms with Crippen LogP contribution in [-0.4, -0.2) is 58.3 Å². The Balaban J connectivity index is 1.54. The average molecular weight is 329 g/mol. The molecule has 2 heterocycles. The van der Waals surface area contributed by atoms with Gasteiger partial charge in [0.15, 0.2) is 0 Å². The van der Waals surface area contributed by atoms with Gasteiger partial charge >= 0.3 is 0 Å². The maximum Gasteiger partial charge on any atom is 0.150 e. The third kappa shape index (κ3) is 3.94. The molecule has 1 aromatic heterocycles. The van der Waals surface area contributed by atoms with Gasteiger partial charge in [0.25, 0.3) is 0 Å². The van der Waals surface area contributed by atoms with E-state index < -0.39 is 0 Å². The van der Waals surface area contributed by atoms with Crippen molar-refractivity contribution in [3.63, 3.8) is 0 Å². The summed E-state index contributed by atoms with van der Waals surface area (Å²) in [6, 6.07) is 8.78. The normalized spacial score (nSPS) is 17.8. The first kappa shape index (κ1) is 16.9. The predicted molar refractivity (Wildman–Crippen MR) is 94.0 cm³/mol. The Kier molecular flexibility index (Phi) is 5.48. The van der Waals surface area contributed by atoms with Gasteiger partial charge in [0.2, 0.25) is 0 Å². The molecule has 1 aliphatic heterocycles. The van der Waals surface area contributed by atoms with Gasteiger partial charge in [-0.2, -0.15) is 5.10 Å². The molecule has 0 bridgehead atoms. The van der Waals surface area contributed by atoms with Crippen molar-refractivity contribution in [2.24, 2.45) is 0 Å². The van der Waals surface area contributed by atoms with Gasteiger partial charge in [-0.15, -0.1) is 0 Å². The molecule has 1 saturated heterocycles. The van der Waals surface area contributed by atoms with Crippen molar-refractivity contribution in [3.8, 4) is 5.75 Å². The van der Waals surface area contributed by atoms with Crippen LogP contribution in [-0.2, 0) is 13.0 Å². The van der Waals surface area contributed by atoms with E-state index in [9.17, 15) is 0 Å². The van der Waals surface area contributed by atoms with E-state index in [2.05, 4.69) is 57.0 Å². The largest absolute Gasteiger partial charge is 0.497 e. The van der Waals surface area contributed by atoms with Crippen molar-refractivity contribution >= 4 is 0 Å². The van der Waals surface area contributed by atoms with Crippen molar-refractivity contribution in [1.29, 1.82) is 0 Å². The van der Waals surface area contributed by atoms with Gasteiger partial charge < -0.3 is 4.74 Å². The number of H-pyrrole nitrogens is 1. The minimum Gasteiger partial charge on any atom is -0.497 e. The molecular weight excluding hydrogens is 302 g/mol. The van der Waals surface area contributed by atoms with Crippen LogP contribution in [0.1, 0.15) is 37.1 Å². The van der Waals surface area contributed by atoms with E-state index in [0.29, 0.717) is 6.04 Å². The molecule has 0 spiro atoms. The van der Waals surface area contributed by atoms with E-state index in [4.69, 9.17) is 4.74 Å². The lowest BCUT2D eigenvalue weighted by molar-refractivity contribution is 0.0962. The van der Waals surface area contributed by atoms with E-state index in [1.165, 1.54) is 5.56 Å². The number of ether oxygens (including phenoxy) is 1. The first-order chi connectivity index (χ1) is 11.7. The fraction of sp³-hybridized carbons (Fsp3) is 0.556. The van der Waals surface area contributed by atoms with Gasteiger partial charge in [0.05, 0.1) is 13.7 Å². The first-order valence-electron chi connectivity index (χ1n) is 8.70. The molecule has 3 rings (SSSR count). The Hall–Kier alpha value is -1.92. The number of benzene rings is 1. The zero-order chi connectivity index (χ0) is 16.9. The van der Waals surface area contributed by atoms with Crippen molar-refractivity contribution in [2.75, 3.05) is 33.3 Å². The quantitative estimate of drug-likeness (QED) is 0.881. The number of methoxy groups -OCH3 is 1. The van der Waals surface area contributed by atoms with Crippen molar-refractivity contribution in [3.05, 3.63) is 41.5 Å². The average Bonchev–Trinajstić information content (AvgIpc) is 3.09. The minimum absolute atomic E-state index is 0.402. The number of rotatable bonds is 6. The molecule has 0 aliphatic carbocycles. The second-order valence-corrected chi connectivity index (χ2v) is 6.32. The van der Waals surface area contributed by atoms with E-state index in [1.807, 2.05) is 6.07 Å². The number of hydrogen-bond donors (Lipinski definition) is 1. The molecule has 1 N–H and O–H groups in total. The van der Waals surface area contributed by atoms with Crippen molar-refractivity contribution < 1.29 is 4.74 Å². The number of piperazine rings is 1. The number of aryl methyl sites for hydroxylation is 1. The van der Waals surface area contributed by atoms with Crippen LogP contribution in [0.3, 0.4) is 0 Å². The molecule has 1 fully saturated rings. The first-order valence-corrected chi connectivity index (χ1v) is 8.70. The van der Waals surface area contributed by atoms with Gasteiger partial charge in [0.1, 0.15) is 17.4 Å². The summed E-state index contributed by atoms with van der Waals surface area (Å²) in [7, 11) is 1.72. The van der Waals surface area contributed by atoms with Gasteiger partial charge in [-0.25, -0.2) is 4.98 Å². The fourth-order valence-corrected chi connectivity index (χ4v) is 3.20. The molecule has 1 aromatic carbocycles. The maximum absolute atomic E-state index is 5.34. The van der Waals surface area contributed by atoms with Gasteiger partial charge in [-0.3, -0.25) is 14.9 Å².